The van der Waals surface area contributed by atoms with Gasteiger partial charge in [0.15, 0.2) is 6.04 Å². The molecule has 1 atom stereocenters. The molecule has 0 saturated carbocycles. The Morgan fingerprint density at radius 2 is 2.14 bits per heavy atom. The number of thiophene rings is 1. The number of halogens is 1. The van der Waals surface area contributed by atoms with Gasteiger partial charge in [0.05, 0.1) is 18.2 Å². The second-order valence-corrected chi connectivity index (χ2v) is 6.10. The van der Waals surface area contributed by atoms with E-state index in [0.29, 0.717) is 16.5 Å². The van der Waals surface area contributed by atoms with Crippen LogP contribution in [0.25, 0.3) is 10.1 Å². The van der Waals surface area contributed by atoms with Crippen molar-refractivity contribution in [1.82, 2.24) is 4.90 Å². The van der Waals surface area contributed by atoms with Gasteiger partial charge in [-0.3, -0.25) is 4.79 Å². The molecule has 1 fully saturated rings. The zero-order valence-electron chi connectivity index (χ0n) is 10.9. The number of carboxylic acid groups (broad SMARTS) is 1. The van der Waals surface area contributed by atoms with Gasteiger partial charge in [-0.1, -0.05) is 29.8 Å². The van der Waals surface area contributed by atoms with Gasteiger partial charge in [-0.15, -0.1) is 11.3 Å². The first-order chi connectivity index (χ1) is 10.1. The van der Waals surface area contributed by atoms with E-state index in [-0.39, 0.29) is 19.1 Å². The normalized spacial score (nSPS) is 18.9. The first kappa shape index (κ1) is 14.3. The van der Waals surface area contributed by atoms with Crippen LogP contribution in [0, 0.1) is 0 Å². The summed E-state index contributed by atoms with van der Waals surface area (Å²) in [6, 6.07) is 6.49. The Hall–Kier alpha value is -1.63. The summed E-state index contributed by atoms with van der Waals surface area (Å²) in [5.74, 6) is -1.42. The third-order valence-corrected chi connectivity index (χ3v) is 5.07. The van der Waals surface area contributed by atoms with Crippen molar-refractivity contribution in [3.05, 3.63) is 34.2 Å². The van der Waals surface area contributed by atoms with Gasteiger partial charge >= 0.3 is 5.97 Å². The number of rotatable bonds is 2. The van der Waals surface area contributed by atoms with Crippen LogP contribution in [-0.4, -0.2) is 47.7 Å². The van der Waals surface area contributed by atoms with Crippen molar-refractivity contribution in [2.45, 2.75) is 6.04 Å². The fourth-order valence-corrected chi connectivity index (χ4v) is 3.80. The molecule has 2 aromatic rings. The number of ether oxygens (including phenoxy) is 1. The summed E-state index contributed by atoms with van der Waals surface area (Å²) in [4.78, 5) is 25.6. The van der Waals surface area contributed by atoms with E-state index >= 15 is 0 Å². The van der Waals surface area contributed by atoms with Crippen molar-refractivity contribution >= 4 is 44.9 Å². The molecular weight excluding hydrogens is 314 g/mol. The van der Waals surface area contributed by atoms with Crippen molar-refractivity contribution in [3.63, 3.8) is 0 Å². The van der Waals surface area contributed by atoms with Crippen LogP contribution in [0.4, 0.5) is 0 Å². The van der Waals surface area contributed by atoms with Crippen LogP contribution in [-0.2, 0) is 9.53 Å². The molecule has 1 aliphatic heterocycles. The van der Waals surface area contributed by atoms with E-state index in [1.165, 1.54) is 16.2 Å². The van der Waals surface area contributed by atoms with Crippen LogP contribution in [0.2, 0.25) is 5.02 Å². The van der Waals surface area contributed by atoms with E-state index in [1.54, 1.807) is 0 Å². The number of morpholine rings is 1. The molecule has 5 nitrogen and oxygen atoms in total. The molecular formula is C14H12ClNO4S. The molecule has 0 aliphatic carbocycles. The second kappa shape index (κ2) is 5.63. The Morgan fingerprint density at radius 1 is 1.38 bits per heavy atom. The molecule has 1 amide bonds. The Morgan fingerprint density at radius 3 is 2.86 bits per heavy atom. The molecule has 0 unspecified atom stereocenters. The average Bonchev–Trinajstić information content (AvgIpc) is 2.84. The van der Waals surface area contributed by atoms with Gasteiger partial charge in [0.25, 0.3) is 5.91 Å². The topological polar surface area (TPSA) is 66.8 Å². The molecule has 1 aromatic carbocycles. The van der Waals surface area contributed by atoms with E-state index in [4.69, 9.17) is 16.3 Å². The van der Waals surface area contributed by atoms with Crippen molar-refractivity contribution in [3.8, 4) is 0 Å². The summed E-state index contributed by atoms with van der Waals surface area (Å²) < 4.78 is 6.05. The SMILES string of the molecule is O=C(O)[C@@H]1COCCN1C(=O)c1sc2ccccc2c1Cl. The highest BCUT2D eigenvalue weighted by Crippen LogP contribution is 2.36. The fraction of sp³-hybridized carbons (Fsp3) is 0.286. The van der Waals surface area contributed by atoms with Gasteiger partial charge in [-0.05, 0) is 6.07 Å². The number of aliphatic carboxylic acids is 1. The van der Waals surface area contributed by atoms with Crippen molar-refractivity contribution in [2.24, 2.45) is 0 Å². The number of amides is 1. The highest BCUT2D eigenvalue weighted by molar-refractivity contribution is 7.21. The minimum absolute atomic E-state index is 0.00356. The lowest BCUT2D eigenvalue weighted by Gasteiger charge is -2.32. The molecule has 1 N–H and O–H groups in total. The number of carbonyl (C=O) groups is 2. The quantitative estimate of drug-likeness (QED) is 0.921. The van der Waals surface area contributed by atoms with Crippen LogP contribution in [0.15, 0.2) is 24.3 Å². The summed E-state index contributed by atoms with van der Waals surface area (Å²) in [5.41, 5.74) is 0. The lowest BCUT2D eigenvalue weighted by molar-refractivity contribution is -0.147. The Kier molecular flexibility index (Phi) is 3.84. The van der Waals surface area contributed by atoms with Crippen LogP contribution < -0.4 is 0 Å². The van der Waals surface area contributed by atoms with Crippen LogP contribution in [0.5, 0.6) is 0 Å². The van der Waals surface area contributed by atoms with Crippen molar-refractivity contribution < 1.29 is 19.4 Å². The summed E-state index contributed by atoms with van der Waals surface area (Å²) in [7, 11) is 0. The maximum absolute atomic E-state index is 12.6. The number of carboxylic acids is 1. The second-order valence-electron chi connectivity index (χ2n) is 4.67. The van der Waals surface area contributed by atoms with Gasteiger partial charge in [0, 0.05) is 16.6 Å². The molecule has 110 valence electrons. The maximum atomic E-state index is 12.6. The fourth-order valence-electron chi connectivity index (χ4n) is 2.33. The monoisotopic (exact) mass is 325 g/mol. The number of fused-ring (bicyclic) bond motifs is 1. The summed E-state index contributed by atoms with van der Waals surface area (Å²) >= 11 is 7.57. The number of hydrogen-bond acceptors (Lipinski definition) is 4. The van der Waals surface area contributed by atoms with E-state index in [9.17, 15) is 14.7 Å². The van der Waals surface area contributed by atoms with E-state index in [0.717, 1.165) is 10.1 Å². The van der Waals surface area contributed by atoms with Gasteiger partial charge in [-0.2, -0.15) is 0 Å². The Bertz CT molecular complexity index is 714. The highest BCUT2D eigenvalue weighted by Gasteiger charge is 2.35. The Labute approximate surface area is 129 Å². The van der Waals surface area contributed by atoms with Gasteiger partial charge in [0.1, 0.15) is 4.88 Å². The molecule has 21 heavy (non-hydrogen) atoms. The third kappa shape index (κ3) is 2.50. The number of benzene rings is 1. The van der Waals surface area contributed by atoms with Crippen LogP contribution in [0.3, 0.4) is 0 Å². The van der Waals surface area contributed by atoms with Gasteiger partial charge in [0.2, 0.25) is 0 Å². The average molecular weight is 326 g/mol. The number of carbonyl (C=O) groups excluding carboxylic acids is 1. The summed E-state index contributed by atoms with van der Waals surface area (Å²) in [6.45, 7) is 0.585. The third-order valence-electron chi connectivity index (χ3n) is 3.40. The molecule has 1 saturated heterocycles. The van der Waals surface area contributed by atoms with Crippen LogP contribution in [0.1, 0.15) is 9.67 Å². The molecule has 2 heterocycles. The first-order valence-electron chi connectivity index (χ1n) is 6.38. The van der Waals surface area contributed by atoms with Crippen molar-refractivity contribution in [2.75, 3.05) is 19.8 Å². The molecule has 3 rings (SSSR count). The highest BCUT2D eigenvalue weighted by atomic mass is 35.5. The van der Waals surface area contributed by atoms with E-state index in [2.05, 4.69) is 0 Å². The van der Waals surface area contributed by atoms with Crippen LogP contribution >= 0.6 is 22.9 Å². The zero-order valence-corrected chi connectivity index (χ0v) is 12.5. The molecule has 0 spiro atoms. The minimum atomic E-state index is -1.07. The summed E-state index contributed by atoms with van der Waals surface area (Å²) in [5, 5.41) is 10.4. The van der Waals surface area contributed by atoms with Gasteiger partial charge in [-0.25, -0.2) is 4.79 Å². The molecule has 1 aliphatic rings. The number of nitrogens with zero attached hydrogens (tertiary/aromatic N) is 1. The Balaban J connectivity index is 1.99. The van der Waals surface area contributed by atoms with Gasteiger partial charge < -0.3 is 14.7 Å². The largest absolute Gasteiger partial charge is 0.480 e. The lowest BCUT2D eigenvalue weighted by Crippen LogP contribution is -2.52. The molecule has 0 radical (unpaired) electrons. The molecule has 0 bridgehead atoms. The first-order valence-corrected chi connectivity index (χ1v) is 7.57. The lowest BCUT2D eigenvalue weighted by atomic mass is 10.2. The standard InChI is InChI=1S/C14H12ClNO4S/c15-11-8-3-1-2-4-10(8)21-12(11)13(17)16-5-6-20-7-9(16)14(18)19/h1-4,9H,5-7H2,(H,18,19)/t9-/m0/s1. The zero-order chi connectivity index (χ0) is 15.0. The summed E-state index contributed by atoms with van der Waals surface area (Å²) in [6.07, 6.45) is 0. The number of hydrogen-bond donors (Lipinski definition) is 1. The molecule has 1 aromatic heterocycles. The predicted molar refractivity (Wildman–Crippen MR) is 80.1 cm³/mol. The molecule has 7 heteroatoms. The van der Waals surface area contributed by atoms with Crippen molar-refractivity contribution in [1.29, 1.82) is 0 Å². The van der Waals surface area contributed by atoms with E-state index < -0.39 is 12.0 Å². The minimum Gasteiger partial charge on any atom is -0.480 e. The van der Waals surface area contributed by atoms with E-state index in [1.807, 2.05) is 24.3 Å². The predicted octanol–water partition coefficient (Wildman–Crippen LogP) is 2.48. The smallest absolute Gasteiger partial charge is 0.328 e. The maximum Gasteiger partial charge on any atom is 0.328 e.